The third-order valence-corrected chi connectivity index (χ3v) is 2.67. The van der Waals surface area contributed by atoms with E-state index in [1.165, 1.54) is 12.8 Å². The van der Waals surface area contributed by atoms with Gasteiger partial charge in [-0.1, -0.05) is 0 Å². The van der Waals surface area contributed by atoms with Crippen LogP contribution in [-0.2, 0) is 9.59 Å². The van der Waals surface area contributed by atoms with E-state index >= 15 is 0 Å². The molecule has 0 bridgehead atoms. The lowest BCUT2D eigenvalue weighted by molar-refractivity contribution is -0.130. The SMILES string of the molecule is CC1(C)CCCN(CCCC(=O)C=O)N1. The van der Waals surface area contributed by atoms with Gasteiger partial charge in [-0.15, -0.1) is 0 Å². The van der Waals surface area contributed by atoms with Crippen LogP contribution in [0.2, 0.25) is 0 Å². The van der Waals surface area contributed by atoms with Gasteiger partial charge in [0.2, 0.25) is 0 Å². The van der Waals surface area contributed by atoms with Crippen molar-refractivity contribution in [2.45, 2.75) is 45.1 Å². The highest BCUT2D eigenvalue weighted by Gasteiger charge is 2.24. The topological polar surface area (TPSA) is 49.4 Å². The van der Waals surface area contributed by atoms with E-state index in [2.05, 4.69) is 24.3 Å². The number of Topliss-reactive ketones (excluding diaryl/α,β-unsaturated/α-hetero) is 1. The molecule has 1 saturated heterocycles. The molecule has 86 valence electrons. The van der Waals surface area contributed by atoms with E-state index in [1.807, 2.05) is 0 Å². The molecule has 1 fully saturated rings. The van der Waals surface area contributed by atoms with Crippen molar-refractivity contribution < 1.29 is 9.59 Å². The predicted octanol–water partition coefficient (Wildman–Crippen LogP) is 0.914. The van der Waals surface area contributed by atoms with Gasteiger partial charge in [0.1, 0.15) is 0 Å². The van der Waals surface area contributed by atoms with Crippen molar-refractivity contribution in [3.8, 4) is 0 Å². The van der Waals surface area contributed by atoms with Gasteiger partial charge in [-0.05, 0) is 33.1 Å². The number of hydrogen-bond donors (Lipinski definition) is 1. The molecule has 4 heteroatoms. The van der Waals surface area contributed by atoms with E-state index < -0.39 is 0 Å². The quantitative estimate of drug-likeness (QED) is 0.543. The fraction of sp³-hybridized carbons (Fsp3) is 0.818. The molecule has 0 atom stereocenters. The molecule has 0 spiro atoms. The Labute approximate surface area is 91.0 Å². The Balaban J connectivity index is 2.21. The van der Waals surface area contributed by atoms with Crippen molar-refractivity contribution in [1.82, 2.24) is 10.4 Å². The number of carbonyl (C=O) groups excluding carboxylic acids is 2. The van der Waals surface area contributed by atoms with Crippen LogP contribution in [-0.4, -0.2) is 35.7 Å². The van der Waals surface area contributed by atoms with Crippen molar-refractivity contribution in [1.29, 1.82) is 0 Å². The van der Waals surface area contributed by atoms with Crippen LogP contribution in [0.25, 0.3) is 0 Å². The Morgan fingerprint density at radius 3 is 2.87 bits per heavy atom. The molecule has 4 nitrogen and oxygen atoms in total. The van der Waals surface area contributed by atoms with Crippen LogP contribution in [0, 0.1) is 0 Å². The van der Waals surface area contributed by atoms with E-state index in [0.29, 0.717) is 12.7 Å². The summed E-state index contributed by atoms with van der Waals surface area (Å²) >= 11 is 0. The van der Waals surface area contributed by atoms with Crippen molar-refractivity contribution >= 4 is 12.1 Å². The predicted molar refractivity (Wildman–Crippen MR) is 58.3 cm³/mol. The molecule has 0 saturated carbocycles. The summed E-state index contributed by atoms with van der Waals surface area (Å²) in [6.07, 6.45) is 3.88. The van der Waals surface area contributed by atoms with E-state index in [4.69, 9.17) is 0 Å². The van der Waals surface area contributed by atoms with E-state index in [0.717, 1.165) is 19.5 Å². The first-order valence-corrected chi connectivity index (χ1v) is 5.54. The maximum atomic E-state index is 10.8. The Hall–Kier alpha value is -0.740. The maximum absolute atomic E-state index is 10.8. The molecular weight excluding hydrogens is 192 g/mol. The summed E-state index contributed by atoms with van der Waals surface area (Å²) in [5, 5.41) is 2.15. The number of carbonyl (C=O) groups is 2. The van der Waals surface area contributed by atoms with Gasteiger partial charge in [0.25, 0.3) is 0 Å². The van der Waals surface area contributed by atoms with Crippen LogP contribution in [0.1, 0.15) is 39.5 Å². The Morgan fingerprint density at radius 1 is 1.53 bits per heavy atom. The second-order valence-corrected chi connectivity index (χ2v) is 4.77. The molecule has 0 amide bonds. The zero-order valence-corrected chi connectivity index (χ0v) is 9.58. The van der Waals surface area contributed by atoms with Crippen LogP contribution in [0.5, 0.6) is 0 Å². The monoisotopic (exact) mass is 212 g/mol. The molecule has 1 aliphatic heterocycles. The van der Waals surface area contributed by atoms with Gasteiger partial charge in [0.05, 0.1) is 0 Å². The molecule has 0 radical (unpaired) electrons. The van der Waals surface area contributed by atoms with Crippen LogP contribution in [0.3, 0.4) is 0 Å². The standard InChI is InChI=1S/C11H20N2O2/c1-11(2)6-4-8-13(12-11)7-3-5-10(15)9-14/h9,12H,3-8H2,1-2H3. The highest BCUT2D eigenvalue weighted by Crippen LogP contribution is 2.17. The fourth-order valence-corrected chi connectivity index (χ4v) is 1.92. The lowest BCUT2D eigenvalue weighted by Gasteiger charge is -2.39. The second-order valence-electron chi connectivity index (χ2n) is 4.77. The largest absolute Gasteiger partial charge is 0.295 e. The molecule has 1 aliphatic rings. The van der Waals surface area contributed by atoms with E-state index in [-0.39, 0.29) is 11.3 Å². The third kappa shape index (κ3) is 4.53. The average molecular weight is 212 g/mol. The van der Waals surface area contributed by atoms with Crippen LogP contribution < -0.4 is 5.43 Å². The summed E-state index contributed by atoms with van der Waals surface area (Å²) in [6.45, 7) is 6.22. The lowest BCUT2D eigenvalue weighted by atomic mass is 9.97. The molecule has 15 heavy (non-hydrogen) atoms. The summed E-state index contributed by atoms with van der Waals surface area (Å²) in [6, 6.07) is 0. The lowest BCUT2D eigenvalue weighted by Crippen LogP contribution is -2.55. The number of nitrogens with one attached hydrogen (secondary N) is 1. The Bertz CT molecular complexity index is 239. The molecule has 0 aromatic heterocycles. The summed E-state index contributed by atoms with van der Waals surface area (Å²) in [7, 11) is 0. The van der Waals surface area contributed by atoms with Gasteiger partial charge >= 0.3 is 0 Å². The van der Waals surface area contributed by atoms with Crippen molar-refractivity contribution in [3.63, 3.8) is 0 Å². The zero-order chi connectivity index (χ0) is 11.3. The summed E-state index contributed by atoms with van der Waals surface area (Å²) in [4.78, 5) is 20.9. The molecule has 0 aromatic rings. The number of hydrogen-bond acceptors (Lipinski definition) is 4. The first-order chi connectivity index (χ1) is 7.03. The van der Waals surface area contributed by atoms with Crippen LogP contribution in [0.4, 0.5) is 0 Å². The highest BCUT2D eigenvalue weighted by molar-refractivity contribution is 6.24. The fourth-order valence-electron chi connectivity index (χ4n) is 1.92. The van der Waals surface area contributed by atoms with Gasteiger partial charge in [-0.25, -0.2) is 10.4 Å². The van der Waals surface area contributed by atoms with Gasteiger partial charge < -0.3 is 0 Å². The minimum Gasteiger partial charge on any atom is -0.295 e. The summed E-state index contributed by atoms with van der Waals surface area (Å²) < 4.78 is 0. The first-order valence-electron chi connectivity index (χ1n) is 5.54. The molecule has 0 unspecified atom stereocenters. The van der Waals surface area contributed by atoms with Gasteiger partial charge in [0.15, 0.2) is 12.1 Å². The number of rotatable bonds is 5. The minimum atomic E-state index is -0.300. The summed E-state index contributed by atoms with van der Waals surface area (Å²) in [5.41, 5.74) is 3.58. The maximum Gasteiger partial charge on any atom is 0.195 e. The molecule has 0 aromatic carbocycles. The number of aldehydes is 1. The Morgan fingerprint density at radius 2 is 2.27 bits per heavy atom. The normalized spacial score (nSPS) is 21.2. The molecule has 1 heterocycles. The van der Waals surface area contributed by atoms with Gasteiger partial charge in [-0.2, -0.15) is 0 Å². The highest BCUT2D eigenvalue weighted by atomic mass is 16.2. The van der Waals surface area contributed by atoms with Crippen LogP contribution in [0.15, 0.2) is 0 Å². The first kappa shape index (κ1) is 12.3. The molecule has 0 aliphatic carbocycles. The third-order valence-electron chi connectivity index (χ3n) is 2.67. The van der Waals surface area contributed by atoms with Gasteiger partial charge in [0, 0.05) is 25.0 Å². The number of ketones is 1. The van der Waals surface area contributed by atoms with Crippen LogP contribution >= 0.6 is 0 Å². The second kappa shape index (κ2) is 5.37. The number of nitrogens with zero attached hydrogens (tertiary/aromatic N) is 1. The van der Waals surface area contributed by atoms with E-state index in [9.17, 15) is 9.59 Å². The average Bonchev–Trinajstić information content (AvgIpc) is 2.16. The molecule has 1 N–H and O–H groups in total. The van der Waals surface area contributed by atoms with E-state index in [1.54, 1.807) is 0 Å². The molecule has 1 rings (SSSR count). The molecular formula is C11H20N2O2. The summed E-state index contributed by atoms with van der Waals surface area (Å²) in [5.74, 6) is -0.300. The number of hydrazine groups is 1. The van der Waals surface area contributed by atoms with Crippen molar-refractivity contribution in [3.05, 3.63) is 0 Å². The van der Waals surface area contributed by atoms with Crippen molar-refractivity contribution in [2.24, 2.45) is 0 Å². The minimum absolute atomic E-state index is 0.160. The Kier molecular flexibility index (Phi) is 4.42. The van der Waals surface area contributed by atoms with Crippen molar-refractivity contribution in [2.75, 3.05) is 13.1 Å². The smallest absolute Gasteiger partial charge is 0.195 e. The zero-order valence-electron chi connectivity index (χ0n) is 9.58. The van der Waals surface area contributed by atoms with Gasteiger partial charge in [-0.3, -0.25) is 9.59 Å².